The molecular weight excluding hydrogens is 1180 g/mol. The highest BCUT2D eigenvalue weighted by Gasteiger charge is 2.50. The zero-order valence-electron chi connectivity index (χ0n) is 50.7. The molecule has 2 unspecified atom stereocenters. The number of aryl methyl sites for hydroxylation is 4. The second-order valence-corrected chi connectivity index (χ2v) is 36.7. The minimum Gasteiger partial charge on any atom is -0.215 e. The molecule has 0 bridgehead atoms. The van der Waals surface area contributed by atoms with Gasteiger partial charge in [-0.1, -0.05) is 183 Å². The van der Waals surface area contributed by atoms with Crippen molar-refractivity contribution in [1.82, 2.24) is 18.2 Å². The third kappa shape index (κ3) is 17.5. The average Bonchev–Trinajstić information content (AvgIpc) is 3.31. The van der Waals surface area contributed by atoms with Gasteiger partial charge in [0.15, 0.2) is 11.6 Å². The molecule has 18 heteroatoms. The molecule has 0 saturated carbocycles. The molecule has 2 N–H and O–H groups in total. The lowest BCUT2D eigenvalue weighted by Gasteiger charge is -2.35. The summed E-state index contributed by atoms with van der Waals surface area (Å²) in [7, 11) is -9.56. The van der Waals surface area contributed by atoms with Gasteiger partial charge in [-0.2, -0.15) is 8.75 Å². The quantitative estimate of drug-likeness (QED) is 0.0292. The van der Waals surface area contributed by atoms with E-state index in [4.69, 9.17) is 0 Å². The van der Waals surface area contributed by atoms with Gasteiger partial charge in [0.05, 0.1) is 34.4 Å². The topological polar surface area (TPSA) is 118 Å². The van der Waals surface area contributed by atoms with Crippen molar-refractivity contribution in [2.75, 3.05) is 24.6 Å². The second-order valence-electron chi connectivity index (χ2n) is 23.6. The molecule has 0 fully saturated rings. The van der Waals surface area contributed by atoms with Crippen LogP contribution in [-0.4, -0.2) is 58.3 Å². The number of nitrogens with zero attached hydrogens (tertiary/aromatic N) is 2. The molecule has 1 aliphatic heterocycles. The monoisotopic (exact) mass is 1270 g/mol. The van der Waals surface area contributed by atoms with Gasteiger partial charge in [0.1, 0.15) is 19.1 Å². The van der Waals surface area contributed by atoms with Crippen LogP contribution in [0, 0.1) is 37.3 Å². The molecule has 82 heavy (non-hydrogen) atoms. The van der Waals surface area contributed by atoms with Crippen LogP contribution in [-0.2, 0) is 32.9 Å². The van der Waals surface area contributed by atoms with Gasteiger partial charge in [-0.3, -0.25) is 0 Å². The fourth-order valence-corrected chi connectivity index (χ4v) is 28.0. The molecular formula is C64H96F2N4O4S7Si. The first kappa shape index (κ1) is 67.2. The maximum absolute atomic E-state index is 17.4. The van der Waals surface area contributed by atoms with Crippen molar-refractivity contribution < 1.29 is 25.6 Å². The Morgan fingerprint density at radius 2 is 0.927 bits per heavy atom. The number of halogens is 2. The van der Waals surface area contributed by atoms with E-state index in [1.165, 1.54) is 157 Å². The van der Waals surface area contributed by atoms with Crippen LogP contribution in [0.1, 0.15) is 217 Å². The van der Waals surface area contributed by atoms with Crippen LogP contribution in [0.4, 0.5) is 8.78 Å². The van der Waals surface area contributed by atoms with Crippen LogP contribution in [0.2, 0.25) is 12.1 Å². The number of hydrogen-bond acceptors (Lipinski definition) is 11. The van der Waals surface area contributed by atoms with Gasteiger partial charge in [-0.25, -0.2) is 35.1 Å². The lowest BCUT2D eigenvalue weighted by atomic mass is 10.0. The normalized spacial score (nSPS) is 15.3. The molecule has 2 atom stereocenters. The van der Waals surface area contributed by atoms with Gasteiger partial charge >= 0.3 is 0 Å². The largest absolute Gasteiger partial charge is 0.215 e. The van der Waals surface area contributed by atoms with Gasteiger partial charge in [-0.05, 0) is 109 Å². The summed E-state index contributed by atoms with van der Waals surface area (Å²) in [6.07, 6.45) is 28.0. The van der Waals surface area contributed by atoms with Crippen LogP contribution in [0.25, 0.3) is 51.4 Å². The predicted molar refractivity (Wildman–Crippen MR) is 358 cm³/mol. The standard InChI is InChI=1S/C64H96F2N4O4S7Si/c1-9-15-19-21-23-25-27-29-35-67-80(71,72)37-33-49-40-51(76-46(49)8)56-58(65)59(66)57(61-60(56)69-79-70-61)52-41-50(34-38-81(73,74)68-36-30-28-26-24-22-20-16-10-2)62(77-52)53-42-55-64(78-53)63-54(39-45(7)75-63)82(55,43-47(13-5)31-17-11-3)44-48(14-6)32-18-12-4/h39-42,47-48,67-68H,9-38,43-44H2,1-8H3. The van der Waals surface area contributed by atoms with Crippen molar-refractivity contribution in [3.63, 3.8) is 0 Å². The summed E-state index contributed by atoms with van der Waals surface area (Å²) >= 11 is 7.35. The molecule has 456 valence electrons. The molecule has 0 aliphatic carbocycles. The van der Waals surface area contributed by atoms with Crippen LogP contribution in [0.3, 0.4) is 0 Å². The fraction of sp³-hybridized carbons (Fsp3) is 0.656. The molecule has 6 aromatic rings. The van der Waals surface area contributed by atoms with Gasteiger partial charge in [0.25, 0.3) is 0 Å². The summed E-state index contributed by atoms with van der Waals surface area (Å²) in [5, 5.41) is 3.13. The zero-order chi connectivity index (χ0) is 58.9. The van der Waals surface area contributed by atoms with E-state index in [1.807, 2.05) is 35.7 Å². The van der Waals surface area contributed by atoms with Gasteiger partial charge < -0.3 is 0 Å². The Balaban J connectivity index is 1.22. The van der Waals surface area contributed by atoms with Crippen LogP contribution >= 0.6 is 57.1 Å². The number of thiophene rings is 4. The summed E-state index contributed by atoms with van der Waals surface area (Å²) in [6.45, 7) is 18.7. The highest BCUT2D eigenvalue weighted by atomic mass is 32.2. The van der Waals surface area contributed by atoms with Crippen molar-refractivity contribution in [3.8, 4) is 40.4 Å². The summed E-state index contributed by atoms with van der Waals surface area (Å²) in [6, 6.07) is 11.1. The Hall–Kier alpha value is -2.26. The molecule has 0 amide bonds. The first-order valence-corrected chi connectivity index (χ1v) is 41.3. The van der Waals surface area contributed by atoms with Crippen molar-refractivity contribution >= 4 is 107 Å². The highest BCUT2D eigenvalue weighted by molar-refractivity contribution is 7.89. The van der Waals surface area contributed by atoms with E-state index >= 15 is 8.78 Å². The number of rotatable bonds is 41. The molecule has 6 heterocycles. The predicted octanol–water partition coefficient (Wildman–Crippen LogP) is 19.0. The SMILES string of the molecule is CCCCCCCCCCNS(=O)(=O)CCc1cc(-c2c(F)c(F)c(-c3cc(CCS(=O)(=O)NCCCCCCCCCC)c(-c4cc5c(s4)-c4sc(C)cc4[Si]5(CC(CC)CCCC)CC(CC)CCCC)s3)c3nsnc23)sc1C. The third-order valence-corrected chi connectivity index (χ3v) is 31.2. The number of unbranched alkanes of at least 4 members (excludes halogenated alkanes) is 16. The number of hydrogen-bond donors (Lipinski definition) is 2. The Morgan fingerprint density at radius 3 is 1.43 bits per heavy atom. The minimum absolute atomic E-state index is 0.0253. The molecule has 1 aromatic carbocycles. The Bertz CT molecular complexity index is 3160. The van der Waals surface area contributed by atoms with E-state index in [1.54, 1.807) is 11.3 Å². The molecule has 7 rings (SSSR count). The molecule has 0 spiro atoms. The Morgan fingerprint density at radius 1 is 0.500 bits per heavy atom. The van der Waals surface area contributed by atoms with Gasteiger partial charge in [0.2, 0.25) is 20.0 Å². The number of benzene rings is 1. The minimum atomic E-state index is -3.67. The van der Waals surface area contributed by atoms with Gasteiger partial charge in [-0.15, -0.1) is 45.3 Å². The van der Waals surface area contributed by atoms with Crippen LogP contribution in [0.5, 0.6) is 0 Å². The van der Waals surface area contributed by atoms with Crippen molar-refractivity contribution in [2.45, 2.75) is 234 Å². The molecule has 0 saturated heterocycles. The smallest absolute Gasteiger partial charge is 0.211 e. The summed E-state index contributed by atoms with van der Waals surface area (Å²) in [5.74, 6) is -1.04. The highest BCUT2D eigenvalue weighted by Crippen LogP contribution is 2.51. The second kappa shape index (κ2) is 32.6. The zero-order valence-corrected chi connectivity index (χ0v) is 57.4. The molecule has 1 aliphatic rings. The number of sulfonamides is 2. The molecule has 0 radical (unpaired) electrons. The summed E-state index contributed by atoms with van der Waals surface area (Å²) < 4.78 is 104. The van der Waals surface area contributed by atoms with E-state index in [2.05, 4.69) is 78.8 Å². The van der Waals surface area contributed by atoms with Gasteiger partial charge in [0, 0.05) is 52.1 Å². The van der Waals surface area contributed by atoms with E-state index in [0.717, 1.165) is 88.9 Å². The van der Waals surface area contributed by atoms with Crippen LogP contribution in [0.15, 0.2) is 24.3 Å². The Kier molecular flexibility index (Phi) is 26.8. The maximum Gasteiger partial charge on any atom is 0.211 e. The summed E-state index contributed by atoms with van der Waals surface area (Å²) in [5.41, 5.74) is 2.14. The number of aromatic nitrogens is 2. The van der Waals surface area contributed by atoms with E-state index in [0.29, 0.717) is 34.7 Å². The van der Waals surface area contributed by atoms with Crippen molar-refractivity contribution in [1.29, 1.82) is 0 Å². The summed E-state index contributed by atoms with van der Waals surface area (Å²) in [4.78, 5) is 7.88. The first-order valence-electron chi connectivity index (χ1n) is 31.6. The average molecular weight is 1280 g/mol. The number of nitrogens with one attached hydrogen (secondary N) is 2. The molecule has 5 aromatic heterocycles. The Labute approximate surface area is 514 Å². The number of fused-ring (bicyclic) bond motifs is 4. The first-order chi connectivity index (χ1) is 39.5. The maximum atomic E-state index is 17.4. The lowest BCUT2D eigenvalue weighted by molar-refractivity contribution is 0.469. The fourth-order valence-electron chi connectivity index (χ4n) is 12.4. The van der Waals surface area contributed by atoms with E-state index < -0.39 is 39.8 Å². The van der Waals surface area contributed by atoms with E-state index in [9.17, 15) is 16.8 Å². The van der Waals surface area contributed by atoms with E-state index in [-0.39, 0.29) is 46.5 Å². The third-order valence-electron chi connectivity index (χ3n) is 17.3. The van der Waals surface area contributed by atoms with Crippen molar-refractivity contribution in [3.05, 3.63) is 56.8 Å². The molecule has 8 nitrogen and oxygen atoms in total. The van der Waals surface area contributed by atoms with Crippen LogP contribution < -0.4 is 19.8 Å². The lowest BCUT2D eigenvalue weighted by Crippen LogP contribution is -2.56. The van der Waals surface area contributed by atoms with Crippen molar-refractivity contribution in [2.24, 2.45) is 11.8 Å².